The van der Waals surface area contributed by atoms with Crippen LogP contribution in [-0.2, 0) is 9.47 Å². The predicted molar refractivity (Wildman–Crippen MR) is 123 cm³/mol. The number of unbranched alkanes of at least 4 members (excludes halogenated alkanes) is 13. The van der Waals surface area contributed by atoms with Crippen molar-refractivity contribution in [3.8, 4) is 0 Å². The van der Waals surface area contributed by atoms with Gasteiger partial charge in [-0.3, -0.25) is 0 Å². The zero-order valence-electron chi connectivity index (χ0n) is 19.4. The SMILES string of the molecule is CCCCCCCCC/C=C/CCCCCCCCO[C@@H]1CO[C@H]([C@@H](O)CO)[C@@H]1O. The Morgan fingerprint density at radius 3 is 1.97 bits per heavy atom. The third-order valence-electron chi connectivity index (χ3n) is 5.97. The van der Waals surface area contributed by atoms with Crippen molar-refractivity contribution >= 4 is 0 Å². The van der Waals surface area contributed by atoms with E-state index in [2.05, 4.69) is 19.1 Å². The number of aliphatic hydroxyl groups excluding tert-OH is 3. The van der Waals surface area contributed by atoms with Crippen LogP contribution in [0.4, 0.5) is 0 Å². The van der Waals surface area contributed by atoms with Crippen LogP contribution in [0.3, 0.4) is 0 Å². The molecule has 0 unspecified atom stereocenters. The van der Waals surface area contributed by atoms with Crippen molar-refractivity contribution in [2.75, 3.05) is 19.8 Å². The summed E-state index contributed by atoms with van der Waals surface area (Å²) < 4.78 is 11.0. The maximum Gasteiger partial charge on any atom is 0.114 e. The molecule has 0 radical (unpaired) electrons. The van der Waals surface area contributed by atoms with Crippen molar-refractivity contribution in [2.45, 2.75) is 128 Å². The average Bonchev–Trinajstić information content (AvgIpc) is 3.12. The summed E-state index contributed by atoms with van der Waals surface area (Å²) in [6.45, 7) is 2.73. The predicted octanol–water partition coefficient (Wildman–Crippen LogP) is 4.91. The Labute approximate surface area is 184 Å². The molecule has 5 nitrogen and oxygen atoms in total. The fourth-order valence-electron chi connectivity index (χ4n) is 3.97. The Bertz CT molecular complexity index is 401. The van der Waals surface area contributed by atoms with Crippen molar-refractivity contribution in [2.24, 2.45) is 0 Å². The molecule has 1 rings (SSSR count). The molecule has 0 saturated carbocycles. The second-order valence-corrected chi connectivity index (χ2v) is 8.74. The third-order valence-corrected chi connectivity index (χ3v) is 5.97. The lowest BCUT2D eigenvalue weighted by Gasteiger charge is -2.20. The normalized spacial score (nSPS) is 22.9. The Balaban J connectivity index is 1.82. The molecular weight excluding hydrogens is 380 g/mol. The monoisotopic (exact) mass is 428 g/mol. The summed E-state index contributed by atoms with van der Waals surface area (Å²) in [6, 6.07) is 0. The molecule has 0 aromatic rings. The topological polar surface area (TPSA) is 79.2 Å². The highest BCUT2D eigenvalue weighted by Crippen LogP contribution is 2.20. The number of hydrogen-bond donors (Lipinski definition) is 3. The number of ether oxygens (including phenoxy) is 2. The van der Waals surface area contributed by atoms with Gasteiger partial charge < -0.3 is 24.8 Å². The molecular formula is C25H48O5. The zero-order chi connectivity index (χ0) is 21.9. The molecule has 178 valence electrons. The Kier molecular flexibility index (Phi) is 17.7. The van der Waals surface area contributed by atoms with Crippen LogP contribution in [0.2, 0.25) is 0 Å². The van der Waals surface area contributed by atoms with Gasteiger partial charge in [-0.1, -0.05) is 83.3 Å². The van der Waals surface area contributed by atoms with Gasteiger partial charge in [0.15, 0.2) is 0 Å². The molecule has 0 amide bonds. The summed E-state index contributed by atoms with van der Waals surface area (Å²) in [5.74, 6) is 0. The van der Waals surface area contributed by atoms with Crippen molar-refractivity contribution in [3.05, 3.63) is 12.2 Å². The van der Waals surface area contributed by atoms with Crippen LogP contribution in [0.5, 0.6) is 0 Å². The Hall–Kier alpha value is -0.460. The maximum absolute atomic E-state index is 10.1. The van der Waals surface area contributed by atoms with Crippen molar-refractivity contribution in [3.63, 3.8) is 0 Å². The second kappa shape index (κ2) is 19.2. The summed E-state index contributed by atoms with van der Waals surface area (Å²) in [4.78, 5) is 0. The van der Waals surface area contributed by atoms with Crippen LogP contribution < -0.4 is 0 Å². The molecule has 1 heterocycles. The van der Waals surface area contributed by atoms with Gasteiger partial charge in [0.2, 0.25) is 0 Å². The van der Waals surface area contributed by atoms with E-state index in [0.717, 1.165) is 12.8 Å². The summed E-state index contributed by atoms with van der Waals surface area (Å²) in [5.41, 5.74) is 0. The molecule has 4 atom stereocenters. The quantitative estimate of drug-likeness (QED) is 0.190. The van der Waals surface area contributed by atoms with Crippen LogP contribution >= 0.6 is 0 Å². The smallest absolute Gasteiger partial charge is 0.114 e. The summed E-state index contributed by atoms with van der Waals surface area (Å²) >= 11 is 0. The molecule has 30 heavy (non-hydrogen) atoms. The lowest BCUT2D eigenvalue weighted by molar-refractivity contribution is -0.0730. The highest BCUT2D eigenvalue weighted by atomic mass is 16.6. The molecule has 5 heteroatoms. The highest BCUT2D eigenvalue weighted by molar-refractivity contribution is 4.88. The first-order valence-corrected chi connectivity index (χ1v) is 12.6. The molecule has 0 aromatic heterocycles. The molecule has 1 aliphatic heterocycles. The lowest BCUT2D eigenvalue weighted by Crippen LogP contribution is -2.41. The van der Waals surface area contributed by atoms with Gasteiger partial charge in [0, 0.05) is 6.61 Å². The number of allylic oxidation sites excluding steroid dienone is 2. The first kappa shape index (κ1) is 27.6. The molecule has 1 fully saturated rings. The minimum absolute atomic E-state index is 0.273. The van der Waals surface area contributed by atoms with E-state index in [-0.39, 0.29) is 6.61 Å². The molecule has 0 spiro atoms. The van der Waals surface area contributed by atoms with E-state index in [1.165, 1.54) is 83.5 Å². The molecule has 0 aliphatic carbocycles. The van der Waals surface area contributed by atoms with Crippen molar-refractivity contribution < 1.29 is 24.8 Å². The van der Waals surface area contributed by atoms with Crippen molar-refractivity contribution in [1.29, 1.82) is 0 Å². The van der Waals surface area contributed by atoms with Crippen LogP contribution in [0, 0.1) is 0 Å². The minimum Gasteiger partial charge on any atom is -0.394 e. The Morgan fingerprint density at radius 1 is 0.867 bits per heavy atom. The molecule has 1 aliphatic rings. The Morgan fingerprint density at radius 2 is 1.40 bits per heavy atom. The van der Waals surface area contributed by atoms with Crippen LogP contribution in [0.1, 0.15) is 103 Å². The maximum atomic E-state index is 10.1. The van der Waals surface area contributed by atoms with Gasteiger partial charge >= 0.3 is 0 Å². The van der Waals surface area contributed by atoms with Gasteiger partial charge in [0.1, 0.15) is 24.4 Å². The van der Waals surface area contributed by atoms with E-state index in [1.807, 2.05) is 0 Å². The van der Waals surface area contributed by atoms with E-state index < -0.39 is 31.0 Å². The number of hydrogen-bond acceptors (Lipinski definition) is 5. The van der Waals surface area contributed by atoms with Crippen LogP contribution in [0.25, 0.3) is 0 Å². The minimum atomic E-state index is -1.05. The van der Waals surface area contributed by atoms with Gasteiger partial charge in [-0.25, -0.2) is 0 Å². The first-order chi connectivity index (χ1) is 14.7. The average molecular weight is 429 g/mol. The molecule has 0 bridgehead atoms. The van der Waals surface area contributed by atoms with E-state index in [9.17, 15) is 10.2 Å². The molecule has 1 saturated heterocycles. The van der Waals surface area contributed by atoms with Gasteiger partial charge in [-0.2, -0.15) is 0 Å². The van der Waals surface area contributed by atoms with E-state index >= 15 is 0 Å². The van der Waals surface area contributed by atoms with Crippen LogP contribution in [-0.4, -0.2) is 59.6 Å². The fourth-order valence-corrected chi connectivity index (χ4v) is 3.97. The summed E-state index contributed by atoms with van der Waals surface area (Å²) in [6.07, 6.45) is 21.0. The van der Waals surface area contributed by atoms with Gasteiger partial charge in [0.05, 0.1) is 13.2 Å². The molecule has 0 aromatic carbocycles. The standard InChI is InChI=1S/C25H48O5/c1-2-3-4-5-6-7-8-9-10-11-12-13-14-15-16-17-18-19-29-23-21-30-25(24(23)28)22(27)20-26/h10-11,22-28H,2-9,12-21H2,1H3/b11-10+/t22-,23+,24+,25+/m0/s1. The van der Waals surface area contributed by atoms with Gasteiger partial charge in [0.25, 0.3) is 0 Å². The fraction of sp³-hybridized carbons (Fsp3) is 0.920. The second-order valence-electron chi connectivity index (χ2n) is 8.74. The lowest BCUT2D eigenvalue weighted by atomic mass is 10.1. The first-order valence-electron chi connectivity index (χ1n) is 12.6. The third kappa shape index (κ3) is 13.1. The summed E-state index contributed by atoms with van der Waals surface area (Å²) in [7, 11) is 0. The van der Waals surface area contributed by atoms with Gasteiger partial charge in [-0.05, 0) is 32.1 Å². The van der Waals surface area contributed by atoms with Crippen LogP contribution in [0.15, 0.2) is 12.2 Å². The van der Waals surface area contributed by atoms with E-state index in [4.69, 9.17) is 14.6 Å². The molecule has 3 N–H and O–H groups in total. The number of rotatable bonds is 20. The highest BCUT2D eigenvalue weighted by Gasteiger charge is 2.40. The largest absolute Gasteiger partial charge is 0.394 e. The zero-order valence-corrected chi connectivity index (χ0v) is 19.4. The van der Waals surface area contributed by atoms with E-state index in [0.29, 0.717) is 6.61 Å². The number of aliphatic hydroxyl groups is 3. The van der Waals surface area contributed by atoms with Crippen molar-refractivity contribution in [1.82, 2.24) is 0 Å². The summed E-state index contributed by atoms with van der Waals surface area (Å²) in [5, 5.41) is 28.6. The van der Waals surface area contributed by atoms with Gasteiger partial charge in [-0.15, -0.1) is 0 Å². The van der Waals surface area contributed by atoms with E-state index in [1.54, 1.807) is 0 Å².